The molecule has 0 aromatic carbocycles. The van der Waals surface area contributed by atoms with Gasteiger partial charge >= 0.3 is 0 Å². The Balaban J connectivity index is 3.63. The van der Waals surface area contributed by atoms with E-state index in [1.54, 1.807) is 12.1 Å². The van der Waals surface area contributed by atoms with Gasteiger partial charge in [0.25, 0.3) is 0 Å². The van der Waals surface area contributed by atoms with Gasteiger partial charge in [0.05, 0.1) is 16.8 Å². The first-order valence-electron chi connectivity index (χ1n) is 4.43. The lowest BCUT2D eigenvalue weighted by Crippen LogP contribution is -2.28. The van der Waals surface area contributed by atoms with Crippen LogP contribution in [-0.2, 0) is 0 Å². The number of hydrogen-bond acceptors (Lipinski definition) is 6. The van der Waals surface area contributed by atoms with Gasteiger partial charge in [-0.1, -0.05) is 0 Å². The number of nitrogens with zero attached hydrogens (tertiary/aromatic N) is 4. The summed E-state index contributed by atoms with van der Waals surface area (Å²) in [5, 5.41) is 37.9. The minimum absolute atomic E-state index is 0.0296. The Bertz CT molecular complexity index is 617. The Morgan fingerprint density at radius 2 is 1.59 bits per heavy atom. The van der Waals surface area contributed by atoms with Crippen molar-refractivity contribution in [3.8, 4) is 24.3 Å². The van der Waals surface area contributed by atoms with Crippen molar-refractivity contribution < 1.29 is 0 Å². The first-order valence-corrected chi connectivity index (χ1v) is 4.43. The summed E-state index contributed by atoms with van der Waals surface area (Å²) in [5.41, 5.74) is 5.95. The zero-order valence-corrected chi connectivity index (χ0v) is 8.87. The van der Waals surface area contributed by atoms with Crippen LogP contribution in [0.1, 0.15) is 6.92 Å². The molecule has 1 aliphatic heterocycles. The van der Waals surface area contributed by atoms with Gasteiger partial charge in [-0.2, -0.15) is 21.0 Å². The number of allylic oxidation sites excluding steroid dienone is 4. The summed E-state index contributed by atoms with van der Waals surface area (Å²) in [5.74, 6) is 0.0296. The Morgan fingerprint density at radius 1 is 1.06 bits per heavy atom. The second-order valence-corrected chi connectivity index (χ2v) is 3.11. The fraction of sp³-hybridized carbons (Fsp3) is 0.0909. The first kappa shape index (κ1) is 11.9. The molecule has 0 spiro atoms. The molecule has 1 aliphatic rings. The van der Waals surface area contributed by atoms with Crippen molar-refractivity contribution in [1.29, 1.82) is 21.0 Å². The van der Waals surface area contributed by atoms with E-state index in [0.29, 0.717) is 5.57 Å². The molecule has 0 saturated heterocycles. The number of dihydropyridines is 1. The monoisotopic (exact) mass is 222 g/mol. The molecule has 0 aliphatic carbocycles. The fourth-order valence-electron chi connectivity index (χ4n) is 1.38. The van der Waals surface area contributed by atoms with E-state index in [0.717, 1.165) is 0 Å². The smallest absolute Gasteiger partial charge is 0.154 e. The normalized spacial score (nSPS) is 14.1. The highest BCUT2D eigenvalue weighted by molar-refractivity contribution is 5.64. The fourth-order valence-corrected chi connectivity index (χ4v) is 1.38. The molecule has 0 aromatic heterocycles. The molecule has 3 N–H and O–H groups in total. The van der Waals surface area contributed by atoms with E-state index >= 15 is 0 Å². The average molecular weight is 222 g/mol. The van der Waals surface area contributed by atoms with E-state index in [9.17, 15) is 0 Å². The van der Waals surface area contributed by atoms with Gasteiger partial charge in [0.2, 0.25) is 0 Å². The van der Waals surface area contributed by atoms with E-state index in [4.69, 9.17) is 26.8 Å². The third kappa shape index (κ3) is 1.79. The summed E-state index contributed by atoms with van der Waals surface area (Å²) in [6, 6.07) is 7.05. The van der Waals surface area contributed by atoms with Gasteiger partial charge < -0.3 is 11.1 Å². The van der Waals surface area contributed by atoms with Crippen LogP contribution in [0, 0.1) is 45.3 Å². The molecule has 0 bridgehead atoms. The summed E-state index contributed by atoms with van der Waals surface area (Å²) < 4.78 is 0. The third-order valence-electron chi connectivity index (χ3n) is 2.23. The summed E-state index contributed by atoms with van der Waals surface area (Å²) in [6.45, 7) is 1.54. The number of hydrogen-bond donors (Lipinski definition) is 2. The largest absolute Gasteiger partial charge is 0.384 e. The average Bonchev–Trinajstić information content (AvgIpc) is 2.31. The van der Waals surface area contributed by atoms with Gasteiger partial charge in [-0.15, -0.1) is 0 Å². The highest BCUT2D eigenvalue weighted by atomic mass is 15.0. The first-order chi connectivity index (χ1) is 8.10. The summed E-state index contributed by atoms with van der Waals surface area (Å²) in [4.78, 5) is 0. The highest BCUT2D eigenvalue weighted by Crippen LogP contribution is 2.26. The van der Waals surface area contributed by atoms with Crippen LogP contribution in [-0.4, -0.2) is 0 Å². The Hall–Kier alpha value is -3.22. The van der Waals surface area contributed by atoms with E-state index in [1.807, 2.05) is 12.1 Å². The van der Waals surface area contributed by atoms with Crippen LogP contribution >= 0.6 is 0 Å². The van der Waals surface area contributed by atoms with E-state index in [-0.39, 0.29) is 28.2 Å². The van der Waals surface area contributed by atoms with Crippen molar-refractivity contribution in [1.82, 2.24) is 5.32 Å². The SMILES string of the molecule is CC1=C(C#N)C(=C(C#N)C#N)NC(N)=C1C#N. The Morgan fingerprint density at radius 3 is 2.00 bits per heavy atom. The maximum Gasteiger partial charge on any atom is 0.154 e. The molecule has 0 atom stereocenters. The molecule has 0 unspecified atom stereocenters. The molecule has 0 amide bonds. The molecule has 6 nitrogen and oxygen atoms in total. The maximum absolute atomic E-state index is 9.00. The van der Waals surface area contributed by atoms with Crippen molar-refractivity contribution in [2.75, 3.05) is 0 Å². The topological polar surface area (TPSA) is 133 Å². The maximum atomic E-state index is 9.00. The van der Waals surface area contributed by atoms with Crippen LogP contribution in [0.5, 0.6) is 0 Å². The number of nitriles is 4. The standard InChI is InChI=1S/C11H6N6/c1-6-8(4-14)10(7(2-12)3-13)17-11(16)9(6)5-15/h17H,16H2,1H3. The van der Waals surface area contributed by atoms with Crippen LogP contribution in [0.2, 0.25) is 0 Å². The van der Waals surface area contributed by atoms with Gasteiger partial charge in [0.1, 0.15) is 30.1 Å². The predicted molar refractivity (Wildman–Crippen MR) is 56.5 cm³/mol. The van der Waals surface area contributed by atoms with Crippen LogP contribution in [0.25, 0.3) is 0 Å². The zero-order valence-electron chi connectivity index (χ0n) is 8.87. The zero-order chi connectivity index (χ0) is 13.0. The van der Waals surface area contributed by atoms with Gasteiger partial charge in [0.15, 0.2) is 5.57 Å². The predicted octanol–water partition coefficient (Wildman–Crippen LogP) is 0.425. The van der Waals surface area contributed by atoms with Gasteiger partial charge in [0, 0.05) is 0 Å². The van der Waals surface area contributed by atoms with Crippen molar-refractivity contribution in [2.24, 2.45) is 5.73 Å². The van der Waals surface area contributed by atoms with Crippen molar-refractivity contribution in [3.63, 3.8) is 0 Å². The molecule has 6 heteroatoms. The molecule has 1 heterocycles. The lowest BCUT2D eigenvalue weighted by molar-refractivity contribution is 0.914. The van der Waals surface area contributed by atoms with Crippen molar-refractivity contribution >= 4 is 0 Å². The third-order valence-corrected chi connectivity index (χ3v) is 2.23. The van der Waals surface area contributed by atoms with E-state index < -0.39 is 0 Å². The Labute approximate surface area is 97.8 Å². The van der Waals surface area contributed by atoms with Crippen LogP contribution in [0.3, 0.4) is 0 Å². The summed E-state index contributed by atoms with van der Waals surface area (Å²) in [7, 11) is 0. The lowest BCUT2D eigenvalue weighted by atomic mass is 9.95. The van der Waals surface area contributed by atoms with Crippen molar-refractivity contribution in [3.05, 3.63) is 33.8 Å². The van der Waals surface area contributed by atoms with E-state index in [2.05, 4.69) is 5.32 Å². The Kier molecular flexibility index (Phi) is 3.16. The molecule has 0 radical (unpaired) electrons. The number of rotatable bonds is 0. The van der Waals surface area contributed by atoms with Gasteiger partial charge in [-0.25, -0.2) is 0 Å². The van der Waals surface area contributed by atoms with Gasteiger partial charge in [-0.3, -0.25) is 0 Å². The minimum Gasteiger partial charge on any atom is -0.384 e. The molecule has 1 rings (SSSR count). The van der Waals surface area contributed by atoms with E-state index in [1.165, 1.54) is 6.92 Å². The van der Waals surface area contributed by atoms with Crippen LogP contribution in [0.15, 0.2) is 33.8 Å². The number of nitrogens with one attached hydrogen (secondary N) is 1. The molecular weight excluding hydrogens is 216 g/mol. The molecule has 80 valence electrons. The molecule has 0 saturated carbocycles. The second-order valence-electron chi connectivity index (χ2n) is 3.11. The van der Waals surface area contributed by atoms with Gasteiger partial charge in [-0.05, 0) is 12.5 Å². The second kappa shape index (κ2) is 4.53. The molecular formula is C11H6N6. The van der Waals surface area contributed by atoms with Crippen LogP contribution in [0.4, 0.5) is 0 Å². The van der Waals surface area contributed by atoms with Crippen molar-refractivity contribution in [2.45, 2.75) is 6.92 Å². The minimum atomic E-state index is -0.249. The summed E-state index contributed by atoms with van der Waals surface area (Å²) in [6.07, 6.45) is 0. The summed E-state index contributed by atoms with van der Waals surface area (Å²) >= 11 is 0. The quantitative estimate of drug-likeness (QED) is 0.570. The molecule has 17 heavy (non-hydrogen) atoms. The number of nitrogens with two attached hydrogens (primary N) is 1. The van der Waals surface area contributed by atoms with Crippen LogP contribution < -0.4 is 11.1 Å². The molecule has 0 aromatic rings. The molecule has 0 fully saturated rings. The lowest BCUT2D eigenvalue weighted by Gasteiger charge is -2.19. The highest BCUT2D eigenvalue weighted by Gasteiger charge is 2.23.